The largest absolute Gasteiger partial charge is 0.478 e. The lowest BCUT2D eigenvalue weighted by atomic mass is 10.0. The monoisotopic (exact) mass is 563 g/mol. The summed E-state index contributed by atoms with van der Waals surface area (Å²) in [5.74, 6) is -0.716. The van der Waals surface area contributed by atoms with Crippen LogP contribution in [0.4, 0.5) is 0 Å². The van der Waals surface area contributed by atoms with E-state index in [0.717, 1.165) is 48.9 Å². The Morgan fingerprint density at radius 3 is 1.90 bits per heavy atom. The van der Waals surface area contributed by atoms with Gasteiger partial charge in [0.2, 0.25) is 0 Å². The number of hydrogen-bond acceptors (Lipinski definition) is 4. The summed E-state index contributed by atoms with van der Waals surface area (Å²) in [6, 6.07) is 36.6. The van der Waals surface area contributed by atoms with Crippen LogP contribution in [0, 0.1) is 0 Å². The molecule has 4 aromatic rings. The Kier molecular flexibility index (Phi) is 12.1. The van der Waals surface area contributed by atoms with E-state index in [1.807, 2.05) is 36.4 Å². The highest BCUT2D eigenvalue weighted by atomic mass is 16.5. The van der Waals surface area contributed by atoms with Crippen molar-refractivity contribution in [1.82, 2.24) is 4.90 Å². The first-order chi connectivity index (χ1) is 20.5. The average Bonchev–Trinajstić information content (AvgIpc) is 3.01. The summed E-state index contributed by atoms with van der Waals surface area (Å²) in [4.78, 5) is 25.1. The molecule has 0 spiro atoms. The van der Waals surface area contributed by atoms with Crippen molar-refractivity contribution < 1.29 is 19.4 Å². The van der Waals surface area contributed by atoms with Crippen LogP contribution in [-0.4, -0.2) is 34.8 Å². The Balaban J connectivity index is 1.42. The van der Waals surface area contributed by atoms with Gasteiger partial charge >= 0.3 is 5.97 Å². The summed E-state index contributed by atoms with van der Waals surface area (Å²) >= 11 is 0. The van der Waals surface area contributed by atoms with E-state index in [1.165, 1.54) is 11.1 Å². The molecule has 0 aliphatic carbocycles. The quantitative estimate of drug-likeness (QED) is 0.133. The van der Waals surface area contributed by atoms with Crippen LogP contribution in [0.15, 0.2) is 109 Å². The zero-order valence-electron chi connectivity index (χ0n) is 24.5. The molecular formula is C37H41NO4. The van der Waals surface area contributed by atoms with E-state index in [9.17, 15) is 14.7 Å². The number of ketones is 1. The number of benzene rings is 4. The van der Waals surface area contributed by atoms with Gasteiger partial charge in [0, 0.05) is 19.5 Å². The van der Waals surface area contributed by atoms with E-state index >= 15 is 0 Å². The smallest absolute Gasteiger partial charge is 0.335 e. The molecule has 4 rings (SSSR count). The second kappa shape index (κ2) is 16.4. The van der Waals surface area contributed by atoms with Gasteiger partial charge in [-0.2, -0.15) is 0 Å². The minimum Gasteiger partial charge on any atom is -0.478 e. The van der Waals surface area contributed by atoms with Gasteiger partial charge in [0.05, 0.1) is 18.3 Å². The first kappa shape index (κ1) is 30.9. The molecule has 0 bridgehead atoms. The van der Waals surface area contributed by atoms with Gasteiger partial charge in [-0.1, -0.05) is 97.1 Å². The van der Waals surface area contributed by atoms with Crippen molar-refractivity contribution in [3.8, 4) is 0 Å². The molecule has 1 atom stereocenters. The first-order valence-corrected chi connectivity index (χ1v) is 14.8. The number of carboxylic acids is 1. The van der Waals surface area contributed by atoms with Crippen LogP contribution in [0.2, 0.25) is 0 Å². The van der Waals surface area contributed by atoms with Crippen LogP contribution in [-0.2, 0) is 35.5 Å². The highest BCUT2D eigenvalue weighted by molar-refractivity contribution is 5.87. The molecule has 5 heteroatoms. The van der Waals surface area contributed by atoms with Gasteiger partial charge in [-0.15, -0.1) is 0 Å². The molecule has 0 aliphatic rings. The normalized spacial score (nSPS) is 11.9. The predicted octanol–water partition coefficient (Wildman–Crippen LogP) is 7.69. The van der Waals surface area contributed by atoms with Gasteiger partial charge in [-0.3, -0.25) is 4.90 Å². The molecule has 0 fully saturated rings. The van der Waals surface area contributed by atoms with Crippen LogP contribution in [0.1, 0.15) is 70.5 Å². The highest BCUT2D eigenvalue weighted by Crippen LogP contribution is 2.23. The number of carbonyl (C=O) groups is 2. The van der Waals surface area contributed by atoms with Gasteiger partial charge in [-0.05, 0) is 79.1 Å². The fourth-order valence-corrected chi connectivity index (χ4v) is 5.04. The maximum atomic E-state index is 11.5. The minimum atomic E-state index is -0.926. The van der Waals surface area contributed by atoms with Gasteiger partial charge in [0.15, 0.2) is 0 Å². The lowest BCUT2D eigenvalue weighted by Crippen LogP contribution is -2.30. The molecule has 1 N–H and O–H groups in total. The Bertz CT molecular complexity index is 1370. The van der Waals surface area contributed by atoms with E-state index in [2.05, 4.69) is 65.6 Å². The number of carboxylic acid groups (broad SMARTS) is 1. The summed E-state index contributed by atoms with van der Waals surface area (Å²) in [5, 5.41) is 9.28. The van der Waals surface area contributed by atoms with E-state index in [4.69, 9.17) is 4.74 Å². The Morgan fingerprint density at radius 2 is 1.29 bits per heavy atom. The van der Waals surface area contributed by atoms with Crippen molar-refractivity contribution in [2.75, 3.05) is 13.1 Å². The average molecular weight is 564 g/mol. The molecule has 0 heterocycles. The number of unbranched alkanes of at least 4 members (excludes halogenated alkanes) is 1. The Hall–Kier alpha value is -4.06. The van der Waals surface area contributed by atoms with Gasteiger partial charge < -0.3 is 14.6 Å². The zero-order valence-corrected chi connectivity index (χ0v) is 24.5. The number of rotatable bonds is 17. The zero-order chi connectivity index (χ0) is 29.6. The fraction of sp³-hybridized carbons (Fsp3) is 0.297. The van der Waals surface area contributed by atoms with E-state index in [0.29, 0.717) is 26.1 Å². The second-order valence-electron chi connectivity index (χ2n) is 10.9. The molecule has 5 nitrogen and oxygen atoms in total. The van der Waals surface area contributed by atoms with E-state index in [1.54, 1.807) is 19.1 Å². The molecular weight excluding hydrogens is 522 g/mol. The summed E-state index contributed by atoms with van der Waals surface area (Å²) in [6.45, 7) is 4.31. The summed E-state index contributed by atoms with van der Waals surface area (Å²) in [5.41, 5.74) is 6.24. The van der Waals surface area contributed by atoms with Crippen molar-refractivity contribution >= 4 is 11.8 Å². The minimum absolute atomic E-state index is 0.143. The van der Waals surface area contributed by atoms with Crippen molar-refractivity contribution in [1.29, 1.82) is 0 Å². The van der Waals surface area contributed by atoms with Crippen LogP contribution in [0.25, 0.3) is 0 Å². The van der Waals surface area contributed by atoms with E-state index < -0.39 is 5.97 Å². The number of hydrogen-bond donors (Lipinski definition) is 1. The van der Waals surface area contributed by atoms with Gasteiger partial charge in [-0.25, -0.2) is 4.79 Å². The van der Waals surface area contributed by atoms with Gasteiger partial charge in [0.1, 0.15) is 5.78 Å². The predicted molar refractivity (Wildman–Crippen MR) is 167 cm³/mol. The summed E-state index contributed by atoms with van der Waals surface area (Å²) in [6.07, 6.45) is 4.21. The molecule has 0 aliphatic heterocycles. The number of aryl methyl sites for hydroxylation is 2. The molecule has 0 unspecified atom stereocenters. The molecule has 4 aromatic carbocycles. The third kappa shape index (κ3) is 10.4. The molecule has 0 radical (unpaired) electrons. The van der Waals surface area contributed by atoms with Crippen LogP contribution in [0.3, 0.4) is 0 Å². The molecule has 0 saturated heterocycles. The molecule has 218 valence electrons. The Morgan fingerprint density at radius 1 is 0.714 bits per heavy atom. The van der Waals surface area contributed by atoms with Crippen molar-refractivity contribution in [3.63, 3.8) is 0 Å². The topological polar surface area (TPSA) is 66.8 Å². The first-order valence-electron chi connectivity index (χ1n) is 14.8. The van der Waals surface area contributed by atoms with Crippen molar-refractivity contribution in [2.24, 2.45) is 0 Å². The lowest BCUT2D eigenvalue weighted by Gasteiger charge is -2.28. The summed E-state index contributed by atoms with van der Waals surface area (Å²) < 4.78 is 6.57. The van der Waals surface area contributed by atoms with Crippen LogP contribution in [0.5, 0.6) is 0 Å². The van der Waals surface area contributed by atoms with E-state index in [-0.39, 0.29) is 17.5 Å². The number of aromatic carboxylic acids is 1. The fourth-order valence-electron chi connectivity index (χ4n) is 5.04. The number of Topliss-reactive ketones (excluding diaryl/α,β-unsaturated/α-hetero) is 1. The molecule has 0 amide bonds. The SMILES string of the molecule is CC(=O)CCCCN(Cc1ccc(C(=O)O)cc1)C[C@H](OCc1ccc(CCc2ccccc2)cc1)c1ccccc1. The summed E-state index contributed by atoms with van der Waals surface area (Å²) in [7, 11) is 0. The number of carbonyl (C=O) groups excluding carboxylic acids is 1. The van der Waals surface area contributed by atoms with Crippen molar-refractivity contribution in [2.45, 2.75) is 58.3 Å². The van der Waals surface area contributed by atoms with Crippen molar-refractivity contribution in [3.05, 3.63) is 143 Å². The molecule has 0 saturated carbocycles. The standard InChI is InChI=1S/C37H41NO4/c1-29(39)10-8-9-25-38(26-32-21-23-35(24-22-32)37(40)41)27-36(34-13-6-3-7-14-34)42-28-33-19-17-31(18-20-33)16-15-30-11-4-2-5-12-30/h2-7,11-14,17-24,36H,8-10,15-16,25-28H2,1H3,(H,40,41)/t36-/m0/s1. The Labute approximate surface area is 249 Å². The number of ether oxygens (including phenoxy) is 1. The lowest BCUT2D eigenvalue weighted by molar-refractivity contribution is -0.117. The van der Waals surface area contributed by atoms with Gasteiger partial charge in [0.25, 0.3) is 0 Å². The third-order valence-corrected chi connectivity index (χ3v) is 7.47. The maximum Gasteiger partial charge on any atom is 0.335 e. The molecule has 42 heavy (non-hydrogen) atoms. The number of nitrogens with zero attached hydrogens (tertiary/aromatic N) is 1. The molecule has 0 aromatic heterocycles. The highest BCUT2D eigenvalue weighted by Gasteiger charge is 2.18. The maximum absolute atomic E-state index is 11.5. The third-order valence-electron chi connectivity index (χ3n) is 7.47. The van der Waals surface area contributed by atoms with Crippen LogP contribution < -0.4 is 0 Å². The second-order valence-corrected chi connectivity index (χ2v) is 10.9. The van der Waals surface area contributed by atoms with Crippen LogP contribution >= 0.6 is 0 Å².